The molecule has 2 heterocycles. The van der Waals surface area contributed by atoms with Gasteiger partial charge >= 0.3 is 0 Å². The van der Waals surface area contributed by atoms with Gasteiger partial charge in [0, 0.05) is 49.9 Å². The van der Waals surface area contributed by atoms with Gasteiger partial charge in [0.2, 0.25) is 5.91 Å². The van der Waals surface area contributed by atoms with Gasteiger partial charge in [0.15, 0.2) is 5.96 Å². The van der Waals surface area contributed by atoms with Crippen molar-refractivity contribution in [1.82, 2.24) is 15.6 Å². The van der Waals surface area contributed by atoms with E-state index >= 15 is 0 Å². The van der Waals surface area contributed by atoms with Gasteiger partial charge in [0.25, 0.3) is 0 Å². The number of nitrogens with one attached hydrogen (secondary N) is 3. The molecule has 1 amide bonds. The number of carbonyl (C=O) groups excluding carboxylic acids is 1. The summed E-state index contributed by atoms with van der Waals surface area (Å²) in [4.78, 5) is 20.8. The highest BCUT2D eigenvalue weighted by atomic mass is 16.1. The maximum atomic E-state index is 12.0. The summed E-state index contributed by atoms with van der Waals surface area (Å²) >= 11 is 0. The number of fused-ring (bicyclic) bond motifs is 1. The van der Waals surface area contributed by atoms with E-state index in [0.717, 1.165) is 28.1 Å². The number of aliphatic imine (C=N–C) groups is 1. The predicted octanol–water partition coefficient (Wildman–Crippen LogP) is 3.54. The van der Waals surface area contributed by atoms with Crippen molar-refractivity contribution in [2.45, 2.75) is 18.9 Å². The average Bonchev–Trinajstić information content (AvgIpc) is 2.79. The van der Waals surface area contributed by atoms with E-state index in [9.17, 15) is 4.79 Å². The van der Waals surface area contributed by atoms with Gasteiger partial charge in [-0.05, 0) is 35.4 Å². The summed E-state index contributed by atoms with van der Waals surface area (Å²) in [5, 5.41) is 9.66. The second-order valence-corrected chi connectivity index (χ2v) is 7.26. The number of nitrogens with zero attached hydrogens (tertiary/aromatic N) is 2. The van der Waals surface area contributed by atoms with Crippen LogP contribution in [0.15, 0.2) is 77.9 Å². The minimum absolute atomic E-state index is 0.0507. The highest BCUT2D eigenvalue weighted by molar-refractivity contribution is 5.94. The van der Waals surface area contributed by atoms with E-state index in [2.05, 4.69) is 50.2 Å². The first-order chi connectivity index (χ1) is 14.7. The van der Waals surface area contributed by atoms with Crippen molar-refractivity contribution >= 4 is 17.6 Å². The molecule has 30 heavy (non-hydrogen) atoms. The summed E-state index contributed by atoms with van der Waals surface area (Å²) in [6.45, 7) is 1.28. The lowest BCUT2D eigenvalue weighted by molar-refractivity contribution is -0.116. The van der Waals surface area contributed by atoms with E-state index in [-0.39, 0.29) is 11.8 Å². The molecule has 0 spiro atoms. The second-order valence-electron chi connectivity index (χ2n) is 7.26. The number of pyridine rings is 1. The summed E-state index contributed by atoms with van der Waals surface area (Å²) in [7, 11) is 1.75. The maximum absolute atomic E-state index is 12.0. The Kier molecular flexibility index (Phi) is 6.03. The van der Waals surface area contributed by atoms with E-state index in [1.165, 1.54) is 0 Å². The van der Waals surface area contributed by atoms with Crippen molar-refractivity contribution in [3.63, 3.8) is 0 Å². The Morgan fingerprint density at radius 3 is 2.80 bits per heavy atom. The number of anilines is 1. The van der Waals surface area contributed by atoms with Crippen molar-refractivity contribution in [3.05, 3.63) is 84.1 Å². The van der Waals surface area contributed by atoms with E-state index in [1.807, 2.05) is 42.5 Å². The number of para-hydroxylation sites is 1. The zero-order valence-electron chi connectivity index (χ0n) is 16.9. The molecule has 3 N–H and O–H groups in total. The predicted molar refractivity (Wildman–Crippen MR) is 120 cm³/mol. The molecule has 0 saturated heterocycles. The number of rotatable bonds is 5. The van der Waals surface area contributed by atoms with Crippen molar-refractivity contribution < 1.29 is 4.79 Å². The summed E-state index contributed by atoms with van der Waals surface area (Å²) in [6.07, 6.45) is 2.27. The molecule has 0 aliphatic carbocycles. The van der Waals surface area contributed by atoms with Crippen molar-refractivity contribution in [3.8, 4) is 11.3 Å². The Hall–Kier alpha value is -3.67. The lowest BCUT2D eigenvalue weighted by Gasteiger charge is -2.26. The van der Waals surface area contributed by atoms with Gasteiger partial charge < -0.3 is 16.0 Å². The number of guanidine groups is 1. The Morgan fingerprint density at radius 1 is 1.10 bits per heavy atom. The molecular formula is C24H25N5O. The van der Waals surface area contributed by atoms with Crippen LogP contribution in [0.3, 0.4) is 0 Å². The highest BCUT2D eigenvalue weighted by Gasteiger charge is 2.24. The zero-order chi connectivity index (χ0) is 20.8. The van der Waals surface area contributed by atoms with Gasteiger partial charge in [-0.2, -0.15) is 0 Å². The van der Waals surface area contributed by atoms with Crippen LogP contribution in [-0.2, 0) is 11.3 Å². The first-order valence-electron chi connectivity index (χ1n) is 10.1. The standard InChI is InChI=1S/C24H25N5O/c1-25-24(28-16-19-14-23(30)29-22-11-3-2-9-20(19)22)27-15-17-7-6-8-18(13-17)21-10-4-5-12-26-21/h2-13,19H,14-16H2,1H3,(H,29,30)(H2,25,27,28). The van der Waals surface area contributed by atoms with Crippen LogP contribution in [0.5, 0.6) is 0 Å². The molecule has 0 saturated carbocycles. The molecule has 152 valence electrons. The molecular weight excluding hydrogens is 374 g/mol. The van der Waals surface area contributed by atoms with Crippen LogP contribution < -0.4 is 16.0 Å². The molecule has 0 radical (unpaired) electrons. The lowest BCUT2D eigenvalue weighted by atomic mass is 9.90. The van der Waals surface area contributed by atoms with Crippen LogP contribution >= 0.6 is 0 Å². The fraction of sp³-hybridized carbons (Fsp3) is 0.208. The third kappa shape index (κ3) is 4.66. The monoisotopic (exact) mass is 399 g/mol. The molecule has 2 aromatic carbocycles. The summed E-state index contributed by atoms with van der Waals surface area (Å²) < 4.78 is 0. The summed E-state index contributed by atoms with van der Waals surface area (Å²) in [5.74, 6) is 0.873. The van der Waals surface area contributed by atoms with Gasteiger partial charge in [0.05, 0.1) is 5.69 Å². The zero-order valence-corrected chi connectivity index (χ0v) is 16.9. The third-order valence-corrected chi connectivity index (χ3v) is 5.19. The topological polar surface area (TPSA) is 78.4 Å². The number of aromatic nitrogens is 1. The van der Waals surface area contributed by atoms with Crippen molar-refractivity contribution in [2.75, 3.05) is 18.9 Å². The highest BCUT2D eigenvalue weighted by Crippen LogP contribution is 2.31. The lowest BCUT2D eigenvalue weighted by Crippen LogP contribution is -2.40. The quantitative estimate of drug-likeness (QED) is 0.453. The van der Waals surface area contributed by atoms with Crippen LogP contribution in [0.2, 0.25) is 0 Å². The van der Waals surface area contributed by atoms with Crippen LogP contribution in [-0.4, -0.2) is 30.4 Å². The minimum atomic E-state index is 0.0507. The molecule has 4 rings (SSSR count). The Balaban J connectivity index is 1.37. The first kappa shape index (κ1) is 19.6. The van der Waals surface area contributed by atoms with Crippen molar-refractivity contribution in [1.29, 1.82) is 0 Å². The largest absolute Gasteiger partial charge is 0.356 e. The van der Waals surface area contributed by atoms with Crippen LogP contribution in [0.4, 0.5) is 5.69 Å². The van der Waals surface area contributed by atoms with Gasteiger partial charge in [-0.3, -0.25) is 14.8 Å². The first-order valence-corrected chi connectivity index (χ1v) is 10.1. The maximum Gasteiger partial charge on any atom is 0.225 e. The molecule has 1 aliphatic rings. The Labute approximate surface area is 176 Å². The van der Waals surface area contributed by atoms with Gasteiger partial charge in [-0.25, -0.2) is 0 Å². The van der Waals surface area contributed by atoms with Gasteiger partial charge in [0.1, 0.15) is 0 Å². The minimum Gasteiger partial charge on any atom is -0.356 e. The molecule has 6 nitrogen and oxygen atoms in total. The summed E-state index contributed by atoms with van der Waals surface area (Å²) in [6, 6.07) is 22.2. The fourth-order valence-electron chi connectivity index (χ4n) is 3.68. The van der Waals surface area contributed by atoms with E-state index in [4.69, 9.17) is 0 Å². The Morgan fingerprint density at radius 2 is 1.97 bits per heavy atom. The van der Waals surface area contributed by atoms with Gasteiger partial charge in [-0.15, -0.1) is 0 Å². The molecule has 6 heteroatoms. The normalized spacial score (nSPS) is 15.8. The van der Waals surface area contributed by atoms with Crippen molar-refractivity contribution in [2.24, 2.45) is 4.99 Å². The average molecular weight is 399 g/mol. The molecule has 1 unspecified atom stereocenters. The molecule has 0 bridgehead atoms. The number of hydrogen-bond acceptors (Lipinski definition) is 3. The number of benzene rings is 2. The number of carbonyl (C=O) groups is 1. The molecule has 3 aromatic rings. The van der Waals surface area contributed by atoms with Crippen LogP contribution in [0, 0.1) is 0 Å². The molecule has 1 aliphatic heterocycles. The Bertz CT molecular complexity index is 1050. The van der Waals surface area contributed by atoms with E-state index in [0.29, 0.717) is 25.5 Å². The van der Waals surface area contributed by atoms with Crippen LogP contribution in [0.25, 0.3) is 11.3 Å². The molecule has 1 aromatic heterocycles. The smallest absolute Gasteiger partial charge is 0.225 e. The van der Waals surface area contributed by atoms with E-state index in [1.54, 1.807) is 13.2 Å². The third-order valence-electron chi connectivity index (χ3n) is 5.19. The number of hydrogen-bond donors (Lipinski definition) is 3. The molecule has 0 fully saturated rings. The van der Waals surface area contributed by atoms with Crippen LogP contribution in [0.1, 0.15) is 23.5 Å². The van der Waals surface area contributed by atoms with Gasteiger partial charge in [-0.1, -0.05) is 42.5 Å². The fourth-order valence-corrected chi connectivity index (χ4v) is 3.68. The molecule has 1 atom stereocenters. The summed E-state index contributed by atoms with van der Waals surface area (Å²) in [5.41, 5.74) is 5.24. The SMILES string of the molecule is CN=C(NCc1cccc(-c2ccccn2)c1)NCC1CC(=O)Nc2ccccc21. The second kappa shape index (κ2) is 9.22. The van der Waals surface area contributed by atoms with E-state index < -0.39 is 0 Å². The number of amides is 1.